The van der Waals surface area contributed by atoms with Gasteiger partial charge in [0.1, 0.15) is 5.60 Å². The SMILES string of the molecule is Cn1c(=O)n(CCCC(C(=O)OCCCCN(CCCn2c(=O)c3ccccc3n(C)c2=O)C(=O)OC(C)(C)C)C(C)(C)C)c(=O)c2ccccc21. The molecule has 52 heavy (non-hydrogen) atoms. The quantitative estimate of drug-likeness (QED) is 0.134. The van der Waals surface area contributed by atoms with Gasteiger partial charge in [-0.05, 0) is 82.6 Å². The zero-order valence-corrected chi connectivity index (χ0v) is 31.8. The monoisotopic (exact) mass is 719 g/mol. The molecule has 13 nitrogen and oxygen atoms in total. The third-order valence-electron chi connectivity index (χ3n) is 9.25. The van der Waals surface area contributed by atoms with Crippen LogP contribution in [-0.4, -0.2) is 60.5 Å². The fourth-order valence-electron chi connectivity index (χ4n) is 6.40. The molecule has 0 radical (unpaired) electrons. The Hall–Kier alpha value is -4.94. The number of ether oxygens (including phenoxy) is 2. The molecule has 2 heterocycles. The Balaban J connectivity index is 1.33. The number of unbranched alkanes of at least 4 members (excludes halogenated alkanes) is 1. The number of para-hydroxylation sites is 2. The number of amides is 1. The van der Waals surface area contributed by atoms with Gasteiger partial charge in [-0.25, -0.2) is 14.4 Å². The molecule has 1 unspecified atom stereocenters. The van der Waals surface area contributed by atoms with Crippen molar-refractivity contribution in [3.05, 3.63) is 90.2 Å². The molecule has 0 aliphatic heterocycles. The van der Waals surface area contributed by atoms with Gasteiger partial charge in [0.2, 0.25) is 0 Å². The second kappa shape index (κ2) is 16.6. The summed E-state index contributed by atoms with van der Waals surface area (Å²) in [6.45, 7) is 12.3. The summed E-state index contributed by atoms with van der Waals surface area (Å²) in [5.74, 6) is -0.811. The van der Waals surface area contributed by atoms with E-state index in [9.17, 15) is 28.8 Å². The highest BCUT2D eigenvalue weighted by molar-refractivity contribution is 5.78. The van der Waals surface area contributed by atoms with E-state index in [0.717, 1.165) is 0 Å². The van der Waals surface area contributed by atoms with Gasteiger partial charge in [-0.15, -0.1) is 0 Å². The van der Waals surface area contributed by atoms with Gasteiger partial charge in [0, 0.05) is 40.3 Å². The van der Waals surface area contributed by atoms with E-state index in [1.165, 1.54) is 18.3 Å². The maximum atomic E-state index is 13.3. The molecule has 0 bridgehead atoms. The minimum absolute atomic E-state index is 0.130. The molecule has 282 valence electrons. The summed E-state index contributed by atoms with van der Waals surface area (Å²) >= 11 is 0. The zero-order valence-electron chi connectivity index (χ0n) is 31.8. The van der Waals surface area contributed by atoms with Crippen LogP contribution in [0.2, 0.25) is 0 Å². The van der Waals surface area contributed by atoms with E-state index < -0.39 is 34.4 Å². The van der Waals surface area contributed by atoms with Gasteiger partial charge in [0.25, 0.3) is 11.1 Å². The van der Waals surface area contributed by atoms with Gasteiger partial charge >= 0.3 is 23.4 Å². The third kappa shape index (κ3) is 9.48. The first-order valence-electron chi connectivity index (χ1n) is 17.9. The van der Waals surface area contributed by atoms with Crippen LogP contribution >= 0.6 is 0 Å². The number of fused-ring (bicyclic) bond motifs is 2. The number of esters is 1. The smallest absolute Gasteiger partial charge is 0.410 e. The lowest BCUT2D eigenvalue weighted by Gasteiger charge is -2.29. The van der Waals surface area contributed by atoms with Crippen molar-refractivity contribution in [2.24, 2.45) is 25.4 Å². The highest BCUT2D eigenvalue weighted by Gasteiger charge is 2.32. The Bertz CT molecular complexity index is 2150. The fourth-order valence-corrected chi connectivity index (χ4v) is 6.40. The molecule has 0 saturated carbocycles. The van der Waals surface area contributed by atoms with Crippen molar-refractivity contribution in [3.63, 3.8) is 0 Å². The van der Waals surface area contributed by atoms with Crippen molar-refractivity contribution < 1.29 is 19.1 Å². The molecule has 13 heteroatoms. The number of benzene rings is 2. The maximum absolute atomic E-state index is 13.3. The van der Waals surface area contributed by atoms with Gasteiger partial charge in [0.15, 0.2) is 0 Å². The van der Waals surface area contributed by atoms with Crippen LogP contribution in [-0.2, 0) is 41.5 Å². The van der Waals surface area contributed by atoms with Crippen LogP contribution in [0.25, 0.3) is 21.8 Å². The highest BCUT2D eigenvalue weighted by Crippen LogP contribution is 2.31. The minimum Gasteiger partial charge on any atom is -0.465 e. The van der Waals surface area contributed by atoms with Gasteiger partial charge in [-0.2, -0.15) is 0 Å². The largest absolute Gasteiger partial charge is 0.465 e. The molecule has 1 atom stereocenters. The summed E-state index contributed by atoms with van der Waals surface area (Å²) in [4.78, 5) is 80.0. The number of aryl methyl sites for hydroxylation is 2. The lowest BCUT2D eigenvalue weighted by atomic mass is 9.78. The average molecular weight is 720 g/mol. The Morgan fingerprint density at radius 2 is 1.17 bits per heavy atom. The van der Waals surface area contributed by atoms with E-state index in [2.05, 4.69) is 0 Å². The van der Waals surface area contributed by atoms with Gasteiger partial charge < -0.3 is 14.4 Å². The number of carbonyl (C=O) groups excluding carboxylic acids is 2. The molecule has 4 rings (SSSR count). The summed E-state index contributed by atoms with van der Waals surface area (Å²) in [5, 5.41) is 0.913. The lowest BCUT2D eigenvalue weighted by molar-refractivity contribution is -0.153. The predicted octanol–water partition coefficient (Wildman–Crippen LogP) is 4.81. The number of hydrogen-bond donors (Lipinski definition) is 0. The molecule has 0 N–H and O–H groups in total. The standard InChI is InChI=1S/C39H53N5O8/c1-38(2,3)29(19-15-24-43-32(45)27-17-9-11-20-30(27)40(7)35(43)48)34(47)51-26-14-13-22-42(37(50)52-39(4,5)6)23-16-25-44-33(46)28-18-10-12-21-31(28)41(8)36(44)49/h9-12,17-18,20-21,29H,13-16,19,22-26H2,1-8H3. The van der Waals surface area contributed by atoms with Crippen molar-refractivity contribution in [1.82, 2.24) is 23.2 Å². The number of carbonyl (C=O) groups is 2. The van der Waals surface area contributed by atoms with Gasteiger partial charge in [0.05, 0.1) is 34.3 Å². The molecule has 4 aromatic rings. The second-order valence-corrected chi connectivity index (χ2v) is 15.4. The Morgan fingerprint density at radius 1 is 0.692 bits per heavy atom. The molecule has 0 fully saturated rings. The van der Waals surface area contributed by atoms with Crippen LogP contribution < -0.4 is 22.5 Å². The molecule has 0 aliphatic rings. The van der Waals surface area contributed by atoms with E-state index >= 15 is 0 Å². The molecule has 2 aromatic heterocycles. The number of aromatic nitrogens is 4. The van der Waals surface area contributed by atoms with Crippen LogP contribution in [0.1, 0.15) is 73.6 Å². The number of nitrogens with zero attached hydrogens (tertiary/aromatic N) is 5. The molecule has 1 amide bonds. The van der Waals surface area contributed by atoms with Crippen molar-refractivity contribution in [2.75, 3.05) is 19.7 Å². The Kier molecular flexibility index (Phi) is 12.7. The minimum atomic E-state index is -0.715. The third-order valence-corrected chi connectivity index (χ3v) is 9.25. The molecule has 0 saturated heterocycles. The van der Waals surface area contributed by atoms with Crippen LogP contribution in [0, 0.1) is 11.3 Å². The van der Waals surface area contributed by atoms with Crippen LogP contribution in [0.4, 0.5) is 4.79 Å². The van der Waals surface area contributed by atoms with E-state index in [0.29, 0.717) is 60.5 Å². The first-order valence-corrected chi connectivity index (χ1v) is 17.9. The zero-order chi connectivity index (χ0) is 38.4. The summed E-state index contributed by atoms with van der Waals surface area (Å²) in [6, 6.07) is 13.9. The summed E-state index contributed by atoms with van der Waals surface area (Å²) in [5.41, 5.74) is -1.54. The number of rotatable bonds is 14. The maximum Gasteiger partial charge on any atom is 0.410 e. The Labute approximate surface area is 303 Å². The first kappa shape index (κ1) is 39.8. The average Bonchev–Trinajstić information content (AvgIpc) is 3.08. The van der Waals surface area contributed by atoms with E-state index in [1.54, 1.807) is 88.3 Å². The Morgan fingerprint density at radius 3 is 1.67 bits per heavy atom. The van der Waals surface area contributed by atoms with Crippen LogP contribution in [0.3, 0.4) is 0 Å². The second-order valence-electron chi connectivity index (χ2n) is 15.4. The van der Waals surface area contributed by atoms with E-state index in [1.807, 2.05) is 20.8 Å². The summed E-state index contributed by atoms with van der Waals surface area (Å²) < 4.78 is 16.7. The predicted molar refractivity (Wildman–Crippen MR) is 202 cm³/mol. The van der Waals surface area contributed by atoms with Gasteiger partial charge in [-0.3, -0.25) is 32.7 Å². The highest BCUT2D eigenvalue weighted by atomic mass is 16.6. The van der Waals surface area contributed by atoms with Crippen LogP contribution in [0.15, 0.2) is 67.7 Å². The summed E-state index contributed by atoms with van der Waals surface area (Å²) in [6.07, 6.45) is 1.74. The van der Waals surface area contributed by atoms with Crippen molar-refractivity contribution in [1.29, 1.82) is 0 Å². The molecule has 0 aliphatic carbocycles. The number of hydrogen-bond acceptors (Lipinski definition) is 8. The van der Waals surface area contributed by atoms with E-state index in [-0.39, 0.29) is 43.3 Å². The topological polar surface area (TPSA) is 144 Å². The molecular formula is C39H53N5O8. The van der Waals surface area contributed by atoms with Crippen LogP contribution in [0.5, 0.6) is 0 Å². The molecule has 0 spiro atoms. The fraction of sp³-hybridized carbons (Fsp3) is 0.538. The normalized spacial score (nSPS) is 12.6. The van der Waals surface area contributed by atoms with Gasteiger partial charge in [-0.1, -0.05) is 45.0 Å². The molecular weight excluding hydrogens is 666 g/mol. The lowest BCUT2D eigenvalue weighted by Crippen LogP contribution is -2.41. The summed E-state index contributed by atoms with van der Waals surface area (Å²) in [7, 11) is 3.27. The molecule has 2 aromatic carbocycles. The van der Waals surface area contributed by atoms with E-state index in [4.69, 9.17) is 9.47 Å². The van der Waals surface area contributed by atoms with Crippen molar-refractivity contribution in [3.8, 4) is 0 Å². The van der Waals surface area contributed by atoms with Crippen molar-refractivity contribution >= 4 is 33.9 Å². The van der Waals surface area contributed by atoms with Crippen molar-refractivity contribution in [2.45, 2.75) is 92.3 Å². The first-order chi connectivity index (χ1) is 24.4.